The number of rotatable bonds is 3. The maximum Gasteiger partial charge on any atom is 0.407 e. The minimum Gasteiger partial charge on any atom is -0.465 e. The molecule has 0 fully saturated rings. The molecule has 4 heteroatoms. The lowest BCUT2D eigenvalue weighted by Crippen LogP contribution is -2.48. The molecule has 1 aromatic carbocycles. The van der Waals surface area contributed by atoms with Crippen LogP contribution in [-0.4, -0.2) is 28.2 Å². The Morgan fingerprint density at radius 3 is 2.29 bits per heavy atom. The Labute approximate surface area is 102 Å². The van der Waals surface area contributed by atoms with Crippen molar-refractivity contribution in [3.63, 3.8) is 0 Å². The van der Waals surface area contributed by atoms with Crippen LogP contribution in [0.15, 0.2) is 30.3 Å². The van der Waals surface area contributed by atoms with Gasteiger partial charge < -0.3 is 15.7 Å². The van der Waals surface area contributed by atoms with Crippen molar-refractivity contribution in [2.45, 2.75) is 32.4 Å². The van der Waals surface area contributed by atoms with Crippen molar-refractivity contribution in [3.05, 3.63) is 35.9 Å². The van der Waals surface area contributed by atoms with E-state index in [1.54, 1.807) is 0 Å². The van der Waals surface area contributed by atoms with Crippen molar-refractivity contribution >= 4 is 6.09 Å². The second-order valence-corrected chi connectivity index (χ2v) is 5.08. The van der Waals surface area contributed by atoms with Crippen LogP contribution in [0, 0.1) is 0 Å². The van der Waals surface area contributed by atoms with Crippen molar-refractivity contribution in [3.8, 4) is 0 Å². The maximum atomic E-state index is 11.2. The van der Waals surface area contributed by atoms with E-state index in [1.165, 1.54) is 4.90 Å². The first-order valence-corrected chi connectivity index (χ1v) is 5.63. The van der Waals surface area contributed by atoms with Gasteiger partial charge in [-0.2, -0.15) is 0 Å². The number of amides is 1. The molecule has 1 rings (SSSR count). The molecular formula is C13H20N2O2. The molecule has 0 bridgehead atoms. The van der Waals surface area contributed by atoms with Gasteiger partial charge in [0.1, 0.15) is 0 Å². The Balaban J connectivity index is 2.79. The fraction of sp³-hybridized carbons (Fsp3) is 0.462. The molecule has 0 aliphatic carbocycles. The van der Waals surface area contributed by atoms with Gasteiger partial charge in [-0.3, -0.25) is 0 Å². The average Bonchev–Trinajstić information content (AvgIpc) is 2.24. The summed E-state index contributed by atoms with van der Waals surface area (Å²) in [7, 11) is 0. The molecule has 0 saturated carbocycles. The molecule has 1 atom stereocenters. The number of hydrogen-bond donors (Lipinski definition) is 2. The third kappa shape index (κ3) is 3.75. The molecule has 94 valence electrons. The summed E-state index contributed by atoms with van der Waals surface area (Å²) >= 11 is 0. The third-order valence-electron chi connectivity index (χ3n) is 2.65. The number of carboxylic acid groups (broad SMARTS) is 1. The van der Waals surface area contributed by atoms with Crippen molar-refractivity contribution in [1.29, 1.82) is 0 Å². The van der Waals surface area contributed by atoms with Gasteiger partial charge in [0.05, 0.1) is 0 Å². The highest BCUT2D eigenvalue weighted by molar-refractivity contribution is 5.66. The number of benzene rings is 1. The Hall–Kier alpha value is -1.55. The first-order chi connectivity index (χ1) is 7.82. The predicted molar refractivity (Wildman–Crippen MR) is 67.9 cm³/mol. The fourth-order valence-corrected chi connectivity index (χ4v) is 1.64. The predicted octanol–water partition coefficient (Wildman–Crippen LogP) is 2.46. The summed E-state index contributed by atoms with van der Waals surface area (Å²) < 4.78 is 0. The molecule has 0 radical (unpaired) electrons. The Kier molecular flexibility index (Phi) is 4.12. The van der Waals surface area contributed by atoms with Crippen LogP contribution in [0.4, 0.5) is 4.79 Å². The standard InChI is InChI=1S/C13H20N2O2/c1-13(2,3)15(12(16)17)9-11(14)10-7-5-4-6-8-10/h4-8,11H,9,14H2,1-3H3,(H,16,17)/t11-/m1/s1. The van der Waals surface area contributed by atoms with Crippen LogP contribution in [0.2, 0.25) is 0 Å². The molecule has 3 N–H and O–H groups in total. The molecule has 0 saturated heterocycles. The minimum atomic E-state index is -0.941. The molecule has 0 aliphatic rings. The lowest BCUT2D eigenvalue weighted by atomic mass is 10.0. The van der Waals surface area contributed by atoms with Gasteiger partial charge in [0, 0.05) is 18.1 Å². The van der Waals surface area contributed by atoms with E-state index in [-0.39, 0.29) is 6.04 Å². The highest BCUT2D eigenvalue weighted by atomic mass is 16.4. The van der Waals surface area contributed by atoms with Gasteiger partial charge in [0.15, 0.2) is 0 Å². The van der Waals surface area contributed by atoms with Crippen LogP contribution in [0.5, 0.6) is 0 Å². The van der Waals surface area contributed by atoms with Gasteiger partial charge in [-0.15, -0.1) is 0 Å². The molecular weight excluding hydrogens is 216 g/mol. The Bertz CT molecular complexity index is 371. The summed E-state index contributed by atoms with van der Waals surface area (Å²) in [6.07, 6.45) is -0.941. The van der Waals surface area contributed by atoms with Crippen LogP contribution < -0.4 is 5.73 Å². The van der Waals surface area contributed by atoms with E-state index >= 15 is 0 Å². The lowest BCUT2D eigenvalue weighted by molar-refractivity contribution is 0.0961. The molecule has 0 heterocycles. The van der Waals surface area contributed by atoms with E-state index < -0.39 is 11.6 Å². The van der Waals surface area contributed by atoms with Crippen LogP contribution in [0.25, 0.3) is 0 Å². The number of nitrogens with two attached hydrogens (primary N) is 1. The summed E-state index contributed by atoms with van der Waals surface area (Å²) in [5, 5.41) is 9.18. The summed E-state index contributed by atoms with van der Waals surface area (Å²) in [4.78, 5) is 12.5. The Morgan fingerprint density at radius 2 is 1.88 bits per heavy atom. The van der Waals surface area contributed by atoms with Crippen LogP contribution >= 0.6 is 0 Å². The summed E-state index contributed by atoms with van der Waals surface area (Å²) in [5.74, 6) is 0. The van der Waals surface area contributed by atoms with E-state index in [2.05, 4.69) is 0 Å². The monoisotopic (exact) mass is 236 g/mol. The van der Waals surface area contributed by atoms with E-state index in [4.69, 9.17) is 5.73 Å². The van der Waals surface area contributed by atoms with Gasteiger partial charge in [-0.05, 0) is 26.3 Å². The average molecular weight is 236 g/mol. The van der Waals surface area contributed by atoms with Gasteiger partial charge >= 0.3 is 6.09 Å². The van der Waals surface area contributed by atoms with E-state index in [0.29, 0.717) is 6.54 Å². The SMILES string of the molecule is CC(C)(C)N(C[C@@H](N)c1ccccc1)C(=O)O. The molecule has 0 aliphatic heterocycles. The molecule has 4 nitrogen and oxygen atoms in total. The van der Waals surface area contributed by atoms with Crippen molar-refractivity contribution in [2.75, 3.05) is 6.54 Å². The molecule has 1 amide bonds. The topological polar surface area (TPSA) is 66.6 Å². The lowest BCUT2D eigenvalue weighted by Gasteiger charge is -2.35. The zero-order chi connectivity index (χ0) is 13.1. The molecule has 0 aromatic heterocycles. The first kappa shape index (κ1) is 13.5. The quantitative estimate of drug-likeness (QED) is 0.847. The van der Waals surface area contributed by atoms with E-state index in [1.807, 2.05) is 51.1 Å². The largest absolute Gasteiger partial charge is 0.465 e. The third-order valence-corrected chi connectivity index (χ3v) is 2.65. The Morgan fingerprint density at radius 1 is 1.35 bits per heavy atom. The van der Waals surface area contributed by atoms with Crippen LogP contribution in [-0.2, 0) is 0 Å². The highest BCUT2D eigenvalue weighted by Gasteiger charge is 2.27. The maximum absolute atomic E-state index is 11.2. The molecule has 0 unspecified atom stereocenters. The van der Waals surface area contributed by atoms with Crippen molar-refractivity contribution < 1.29 is 9.90 Å². The molecule has 0 spiro atoms. The highest BCUT2D eigenvalue weighted by Crippen LogP contribution is 2.18. The van der Waals surface area contributed by atoms with Gasteiger partial charge in [-0.25, -0.2) is 4.79 Å². The van der Waals surface area contributed by atoms with E-state index in [0.717, 1.165) is 5.56 Å². The van der Waals surface area contributed by atoms with E-state index in [9.17, 15) is 9.90 Å². The van der Waals surface area contributed by atoms with Crippen LogP contribution in [0.3, 0.4) is 0 Å². The van der Waals surface area contributed by atoms with Gasteiger partial charge in [-0.1, -0.05) is 30.3 Å². The van der Waals surface area contributed by atoms with Crippen molar-refractivity contribution in [2.24, 2.45) is 5.73 Å². The molecule has 17 heavy (non-hydrogen) atoms. The number of carbonyl (C=O) groups is 1. The van der Waals surface area contributed by atoms with Crippen molar-refractivity contribution in [1.82, 2.24) is 4.90 Å². The number of nitrogens with zero attached hydrogens (tertiary/aromatic N) is 1. The van der Waals surface area contributed by atoms with Gasteiger partial charge in [0.25, 0.3) is 0 Å². The zero-order valence-electron chi connectivity index (χ0n) is 10.6. The minimum absolute atomic E-state index is 0.294. The second-order valence-electron chi connectivity index (χ2n) is 5.08. The summed E-state index contributed by atoms with van der Waals surface area (Å²) in [6, 6.07) is 9.23. The van der Waals surface area contributed by atoms with Crippen LogP contribution in [0.1, 0.15) is 32.4 Å². The first-order valence-electron chi connectivity index (χ1n) is 5.63. The fourth-order valence-electron chi connectivity index (χ4n) is 1.64. The molecule has 1 aromatic rings. The van der Waals surface area contributed by atoms with Gasteiger partial charge in [0.2, 0.25) is 0 Å². The summed E-state index contributed by atoms with van der Waals surface area (Å²) in [6.45, 7) is 5.87. The second kappa shape index (κ2) is 5.19. The zero-order valence-corrected chi connectivity index (χ0v) is 10.6. The number of hydrogen-bond acceptors (Lipinski definition) is 2. The normalized spacial score (nSPS) is 13.2. The smallest absolute Gasteiger partial charge is 0.407 e. The summed E-state index contributed by atoms with van der Waals surface area (Å²) in [5.41, 5.74) is 6.53.